The number of halogens is 2. The van der Waals surface area contributed by atoms with Crippen LogP contribution in [0.4, 0.5) is 8.78 Å². The summed E-state index contributed by atoms with van der Waals surface area (Å²) in [7, 11) is 0. The zero-order valence-electron chi connectivity index (χ0n) is 21.0. The quantitative estimate of drug-likeness (QED) is 0.590. The number of aromatic nitrogens is 1. The molecular weight excluding hydrogens is 452 g/mol. The third kappa shape index (κ3) is 6.16. The number of morpholine rings is 1. The Kier molecular flexibility index (Phi) is 7.71. The zero-order chi connectivity index (χ0) is 25.2. The normalized spacial score (nSPS) is 21.3. The molecule has 4 rings (SSSR count). The van der Waals surface area contributed by atoms with Crippen molar-refractivity contribution in [2.75, 3.05) is 32.7 Å². The molecule has 0 radical (unpaired) electrons. The number of alkyl halides is 1. The van der Waals surface area contributed by atoms with Gasteiger partial charge >= 0.3 is 0 Å². The van der Waals surface area contributed by atoms with Gasteiger partial charge in [-0.2, -0.15) is 0 Å². The summed E-state index contributed by atoms with van der Waals surface area (Å²) in [5.41, 5.74) is 1.57. The number of carbonyl (C=O) groups is 1. The van der Waals surface area contributed by atoms with Crippen LogP contribution in [0.1, 0.15) is 61.5 Å². The lowest BCUT2D eigenvalue weighted by Crippen LogP contribution is -2.58. The fourth-order valence-electron chi connectivity index (χ4n) is 5.03. The summed E-state index contributed by atoms with van der Waals surface area (Å²) in [6, 6.07) is 10.2. The van der Waals surface area contributed by atoms with E-state index in [0.29, 0.717) is 51.1 Å². The Morgan fingerprint density at radius 3 is 2.60 bits per heavy atom. The number of pyridine rings is 1. The lowest BCUT2D eigenvalue weighted by atomic mass is 9.87. The highest BCUT2D eigenvalue weighted by atomic mass is 19.1. The Bertz CT molecular complexity index is 1040. The Balaban J connectivity index is 1.46. The maximum atomic E-state index is 14.4. The summed E-state index contributed by atoms with van der Waals surface area (Å²) in [5.74, 6) is -0.613. The third-order valence-corrected chi connectivity index (χ3v) is 6.58. The first-order valence-corrected chi connectivity index (χ1v) is 12.4. The van der Waals surface area contributed by atoms with Gasteiger partial charge in [-0.05, 0) is 70.9 Å². The Morgan fingerprint density at radius 2 is 1.97 bits per heavy atom. The fourth-order valence-corrected chi connectivity index (χ4v) is 5.03. The number of hydrogen-bond acceptors (Lipinski definition) is 5. The number of amides is 1. The minimum atomic E-state index is -0.949. The second-order valence-electron chi connectivity index (χ2n) is 10.1. The van der Waals surface area contributed by atoms with Gasteiger partial charge in [0.1, 0.15) is 12.3 Å². The molecule has 190 valence electrons. The summed E-state index contributed by atoms with van der Waals surface area (Å²) < 4.78 is 40.4. The lowest BCUT2D eigenvalue weighted by molar-refractivity contribution is -0.178. The zero-order valence-corrected chi connectivity index (χ0v) is 21.0. The van der Waals surface area contributed by atoms with Gasteiger partial charge in [-0.15, -0.1) is 0 Å². The SMILES string of the molecule is Cc1cccc(C2CN(CC(C)F)CC3(CCN(C(=O)c4ccc(OC(C)C)c(F)c4)CC3)O2)n1. The smallest absolute Gasteiger partial charge is 0.253 e. The van der Waals surface area contributed by atoms with Crippen molar-refractivity contribution in [3.05, 3.63) is 59.2 Å². The topological polar surface area (TPSA) is 54.9 Å². The minimum absolute atomic E-state index is 0.141. The molecule has 0 saturated carbocycles. The molecule has 0 aliphatic carbocycles. The van der Waals surface area contributed by atoms with Gasteiger partial charge in [0.05, 0.1) is 17.4 Å². The summed E-state index contributed by atoms with van der Waals surface area (Å²) in [5, 5.41) is 0. The summed E-state index contributed by atoms with van der Waals surface area (Å²) in [6.07, 6.45) is -0.119. The van der Waals surface area contributed by atoms with Crippen molar-refractivity contribution in [1.29, 1.82) is 0 Å². The lowest BCUT2D eigenvalue weighted by Gasteiger charge is -2.50. The molecule has 1 spiro atoms. The van der Waals surface area contributed by atoms with Crippen molar-refractivity contribution in [2.24, 2.45) is 0 Å². The standard InChI is InChI=1S/C27H35F2N3O3/c1-18(2)34-24-9-8-21(14-22(24)29)26(33)32-12-10-27(11-13-32)17-31(15-19(3)28)16-25(35-27)23-7-5-6-20(4)30-23/h5-9,14,18-19,25H,10-13,15-17H2,1-4H3. The van der Waals surface area contributed by atoms with Gasteiger partial charge in [-0.3, -0.25) is 14.7 Å². The van der Waals surface area contributed by atoms with Crippen molar-refractivity contribution in [3.8, 4) is 5.75 Å². The van der Waals surface area contributed by atoms with E-state index in [0.717, 1.165) is 11.4 Å². The number of nitrogens with zero attached hydrogens (tertiary/aromatic N) is 3. The second-order valence-corrected chi connectivity index (χ2v) is 10.1. The number of piperidine rings is 1. The summed E-state index contributed by atoms with van der Waals surface area (Å²) >= 11 is 0. The maximum absolute atomic E-state index is 14.4. The number of rotatable bonds is 6. The number of carbonyl (C=O) groups excluding carboxylic acids is 1. The first kappa shape index (κ1) is 25.5. The predicted octanol–water partition coefficient (Wildman–Crippen LogP) is 4.72. The Morgan fingerprint density at radius 1 is 1.23 bits per heavy atom. The van der Waals surface area contributed by atoms with E-state index in [1.165, 1.54) is 12.1 Å². The molecule has 0 bridgehead atoms. The highest BCUT2D eigenvalue weighted by Gasteiger charge is 2.44. The molecule has 8 heteroatoms. The minimum Gasteiger partial charge on any atom is -0.488 e. The first-order valence-electron chi connectivity index (χ1n) is 12.4. The monoisotopic (exact) mass is 487 g/mol. The van der Waals surface area contributed by atoms with Crippen LogP contribution >= 0.6 is 0 Å². The number of benzene rings is 1. The van der Waals surface area contributed by atoms with Crippen LogP contribution in [0, 0.1) is 12.7 Å². The average Bonchev–Trinajstić information content (AvgIpc) is 2.79. The van der Waals surface area contributed by atoms with E-state index in [9.17, 15) is 13.6 Å². The van der Waals surface area contributed by atoms with Crippen LogP contribution in [0.15, 0.2) is 36.4 Å². The van der Waals surface area contributed by atoms with E-state index in [4.69, 9.17) is 9.47 Å². The van der Waals surface area contributed by atoms with Crippen LogP contribution in [-0.4, -0.2) is 71.3 Å². The molecule has 1 amide bonds. The molecule has 2 saturated heterocycles. The average molecular weight is 488 g/mol. The van der Waals surface area contributed by atoms with Gasteiger partial charge in [-0.25, -0.2) is 8.78 Å². The van der Waals surface area contributed by atoms with Crippen molar-refractivity contribution >= 4 is 5.91 Å². The molecule has 2 aliphatic heterocycles. The second kappa shape index (κ2) is 10.6. The number of likely N-dealkylation sites (tertiary alicyclic amines) is 1. The molecule has 6 nitrogen and oxygen atoms in total. The first-order chi connectivity index (χ1) is 16.6. The van der Waals surface area contributed by atoms with Crippen LogP contribution in [0.25, 0.3) is 0 Å². The van der Waals surface area contributed by atoms with Gasteiger partial charge in [0, 0.05) is 44.0 Å². The molecule has 1 aromatic heterocycles. The van der Waals surface area contributed by atoms with E-state index in [-0.39, 0.29) is 23.9 Å². The van der Waals surface area contributed by atoms with Gasteiger partial charge in [0.25, 0.3) is 5.91 Å². The van der Waals surface area contributed by atoms with Crippen LogP contribution in [-0.2, 0) is 4.74 Å². The van der Waals surface area contributed by atoms with Crippen molar-refractivity contribution in [2.45, 2.75) is 64.5 Å². The molecular formula is C27H35F2N3O3. The van der Waals surface area contributed by atoms with E-state index in [1.807, 2.05) is 39.0 Å². The van der Waals surface area contributed by atoms with Crippen LogP contribution < -0.4 is 4.74 Å². The molecule has 1 aromatic carbocycles. The molecule has 2 fully saturated rings. The summed E-state index contributed by atoms with van der Waals surface area (Å²) in [4.78, 5) is 21.6. The van der Waals surface area contributed by atoms with Crippen LogP contribution in [0.5, 0.6) is 5.75 Å². The number of aryl methyl sites for hydroxylation is 1. The number of ether oxygens (including phenoxy) is 2. The van der Waals surface area contributed by atoms with E-state index in [2.05, 4.69) is 9.88 Å². The molecule has 3 heterocycles. The van der Waals surface area contributed by atoms with Crippen molar-refractivity contribution < 1.29 is 23.0 Å². The van der Waals surface area contributed by atoms with E-state index < -0.39 is 17.6 Å². The highest BCUT2D eigenvalue weighted by Crippen LogP contribution is 2.38. The van der Waals surface area contributed by atoms with Gasteiger partial charge in [0.2, 0.25) is 0 Å². The Hall–Kier alpha value is -2.58. The van der Waals surface area contributed by atoms with Crippen molar-refractivity contribution in [1.82, 2.24) is 14.8 Å². The molecule has 2 atom stereocenters. The van der Waals surface area contributed by atoms with Gasteiger partial charge in [-0.1, -0.05) is 6.07 Å². The molecule has 2 aliphatic rings. The van der Waals surface area contributed by atoms with Crippen LogP contribution in [0.2, 0.25) is 0 Å². The summed E-state index contributed by atoms with van der Waals surface area (Å²) in [6.45, 7) is 9.66. The van der Waals surface area contributed by atoms with Crippen molar-refractivity contribution in [3.63, 3.8) is 0 Å². The Labute approximate surface area is 206 Å². The molecule has 2 unspecified atom stereocenters. The largest absolute Gasteiger partial charge is 0.488 e. The maximum Gasteiger partial charge on any atom is 0.253 e. The molecule has 0 N–H and O–H groups in total. The molecule has 35 heavy (non-hydrogen) atoms. The molecule has 2 aromatic rings. The third-order valence-electron chi connectivity index (χ3n) is 6.58. The van der Waals surface area contributed by atoms with Gasteiger partial charge < -0.3 is 14.4 Å². The fraction of sp³-hybridized carbons (Fsp3) is 0.556. The highest BCUT2D eigenvalue weighted by molar-refractivity contribution is 5.94. The van der Waals surface area contributed by atoms with E-state index >= 15 is 0 Å². The van der Waals surface area contributed by atoms with E-state index in [1.54, 1.807) is 17.9 Å². The number of hydrogen-bond donors (Lipinski definition) is 0. The van der Waals surface area contributed by atoms with Gasteiger partial charge in [0.15, 0.2) is 11.6 Å². The van der Waals surface area contributed by atoms with Crippen LogP contribution in [0.3, 0.4) is 0 Å². The predicted molar refractivity (Wildman–Crippen MR) is 130 cm³/mol.